The monoisotopic (exact) mass is 423 g/mol. The van der Waals surface area contributed by atoms with Crippen LogP contribution in [-0.2, 0) is 16.1 Å². The number of aryl methyl sites for hydroxylation is 2. The van der Waals surface area contributed by atoms with Crippen LogP contribution in [0.25, 0.3) is 5.69 Å². The van der Waals surface area contributed by atoms with Crippen LogP contribution in [0, 0.1) is 13.8 Å². The summed E-state index contributed by atoms with van der Waals surface area (Å²) in [5.74, 6) is -0.456. The minimum Gasteiger partial charge on any atom is -0.465 e. The Morgan fingerprint density at radius 3 is 2.57 bits per heavy atom. The standard InChI is InChI=1S/C23H25N3O3S/c1-15-5-10-20(16(2)13-15)26-12-11-24-23(26)30-17(3)21(27)25-14-18-6-8-19(9-7-18)22(28)29-4/h5-13,17H,14H2,1-4H3,(H,25,27). The lowest BCUT2D eigenvalue weighted by atomic mass is 10.1. The summed E-state index contributed by atoms with van der Waals surface area (Å²) in [7, 11) is 1.35. The topological polar surface area (TPSA) is 73.2 Å². The molecule has 7 heteroatoms. The number of amides is 1. The largest absolute Gasteiger partial charge is 0.465 e. The quantitative estimate of drug-likeness (QED) is 0.458. The highest BCUT2D eigenvalue weighted by atomic mass is 32.2. The van der Waals surface area contributed by atoms with Crippen molar-refractivity contribution >= 4 is 23.6 Å². The van der Waals surface area contributed by atoms with Crippen LogP contribution in [0.4, 0.5) is 0 Å². The molecule has 2 aromatic carbocycles. The highest BCUT2D eigenvalue weighted by Gasteiger charge is 2.18. The smallest absolute Gasteiger partial charge is 0.337 e. The van der Waals surface area contributed by atoms with Gasteiger partial charge in [-0.15, -0.1) is 0 Å². The molecule has 30 heavy (non-hydrogen) atoms. The first-order valence-corrected chi connectivity index (χ1v) is 10.5. The Labute approximate surface area is 180 Å². The molecule has 0 saturated heterocycles. The van der Waals surface area contributed by atoms with E-state index < -0.39 is 0 Å². The van der Waals surface area contributed by atoms with Crippen molar-refractivity contribution in [1.29, 1.82) is 0 Å². The van der Waals surface area contributed by atoms with Gasteiger partial charge < -0.3 is 10.1 Å². The normalized spacial score (nSPS) is 11.7. The van der Waals surface area contributed by atoms with Gasteiger partial charge in [0.25, 0.3) is 0 Å². The van der Waals surface area contributed by atoms with Crippen LogP contribution in [-0.4, -0.2) is 33.8 Å². The molecule has 0 radical (unpaired) electrons. The fourth-order valence-corrected chi connectivity index (χ4v) is 3.96. The van der Waals surface area contributed by atoms with Crippen molar-refractivity contribution in [3.8, 4) is 5.69 Å². The number of nitrogens with zero attached hydrogens (tertiary/aromatic N) is 2. The first kappa shape index (κ1) is 21.6. The number of nitrogens with one attached hydrogen (secondary N) is 1. The van der Waals surface area contributed by atoms with Crippen molar-refractivity contribution in [1.82, 2.24) is 14.9 Å². The van der Waals surface area contributed by atoms with E-state index in [4.69, 9.17) is 4.74 Å². The average molecular weight is 424 g/mol. The van der Waals surface area contributed by atoms with Crippen molar-refractivity contribution < 1.29 is 14.3 Å². The third-order valence-electron chi connectivity index (χ3n) is 4.71. The van der Waals surface area contributed by atoms with Crippen LogP contribution in [0.15, 0.2) is 60.0 Å². The van der Waals surface area contributed by atoms with E-state index in [0.29, 0.717) is 12.1 Å². The molecule has 3 rings (SSSR count). The number of thioether (sulfide) groups is 1. The van der Waals surface area contributed by atoms with Crippen LogP contribution in [0.5, 0.6) is 0 Å². The van der Waals surface area contributed by atoms with E-state index >= 15 is 0 Å². The Morgan fingerprint density at radius 1 is 1.17 bits per heavy atom. The van der Waals surface area contributed by atoms with Crippen LogP contribution in [0.1, 0.15) is 34.0 Å². The fraction of sp³-hybridized carbons (Fsp3) is 0.261. The molecule has 1 heterocycles. The van der Waals surface area contributed by atoms with Crippen molar-refractivity contribution in [3.05, 3.63) is 77.1 Å². The van der Waals surface area contributed by atoms with E-state index in [-0.39, 0.29) is 17.1 Å². The van der Waals surface area contributed by atoms with Gasteiger partial charge in [0.1, 0.15) is 0 Å². The molecule has 1 unspecified atom stereocenters. The van der Waals surface area contributed by atoms with E-state index in [2.05, 4.69) is 42.3 Å². The lowest BCUT2D eigenvalue weighted by molar-refractivity contribution is -0.120. The highest BCUT2D eigenvalue weighted by molar-refractivity contribution is 8.00. The predicted octanol–water partition coefficient (Wildman–Crippen LogP) is 4.07. The highest BCUT2D eigenvalue weighted by Crippen LogP contribution is 2.26. The molecule has 0 bridgehead atoms. The van der Waals surface area contributed by atoms with Crippen molar-refractivity contribution in [2.24, 2.45) is 0 Å². The maximum absolute atomic E-state index is 12.6. The zero-order valence-corrected chi connectivity index (χ0v) is 18.3. The first-order chi connectivity index (χ1) is 14.4. The number of hydrogen-bond donors (Lipinski definition) is 1. The second-order valence-electron chi connectivity index (χ2n) is 7.04. The van der Waals surface area contributed by atoms with Crippen LogP contribution in [0.2, 0.25) is 0 Å². The Hall–Kier alpha value is -3.06. The molecule has 0 aliphatic rings. The van der Waals surface area contributed by atoms with E-state index in [1.165, 1.54) is 24.4 Å². The molecule has 0 aliphatic heterocycles. The summed E-state index contributed by atoms with van der Waals surface area (Å²) in [6.07, 6.45) is 3.66. The van der Waals surface area contributed by atoms with Gasteiger partial charge in [-0.1, -0.05) is 41.6 Å². The Bertz CT molecular complexity index is 1040. The molecule has 0 fully saturated rings. The number of carbonyl (C=O) groups is 2. The maximum atomic E-state index is 12.6. The van der Waals surface area contributed by atoms with Gasteiger partial charge in [-0.3, -0.25) is 9.36 Å². The molecule has 0 aliphatic carbocycles. The van der Waals surface area contributed by atoms with E-state index in [9.17, 15) is 9.59 Å². The molecule has 0 spiro atoms. The number of aromatic nitrogens is 2. The van der Waals surface area contributed by atoms with Gasteiger partial charge in [-0.2, -0.15) is 0 Å². The molecule has 156 valence electrons. The van der Waals surface area contributed by atoms with Crippen LogP contribution in [0.3, 0.4) is 0 Å². The Balaban J connectivity index is 1.61. The van der Waals surface area contributed by atoms with Crippen molar-refractivity contribution in [3.63, 3.8) is 0 Å². The summed E-state index contributed by atoms with van der Waals surface area (Å²) >= 11 is 1.42. The van der Waals surface area contributed by atoms with Gasteiger partial charge in [0.15, 0.2) is 5.16 Å². The van der Waals surface area contributed by atoms with Gasteiger partial charge in [-0.05, 0) is 50.1 Å². The molecule has 0 saturated carbocycles. The molecular weight excluding hydrogens is 398 g/mol. The molecule has 1 atom stereocenters. The molecule has 1 aromatic heterocycles. The number of methoxy groups -OCH3 is 1. The van der Waals surface area contributed by atoms with Crippen LogP contribution >= 0.6 is 11.8 Å². The van der Waals surface area contributed by atoms with Crippen LogP contribution < -0.4 is 5.32 Å². The number of benzene rings is 2. The number of imidazole rings is 1. The predicted molar refractivity (Wildman–Crippen MR) is 118 cm³/mol. The number of hydrogen-bond acceptors (Lipinski definition) is 5. The minimum atomic E-state index is -0.380. The fourth-order valence-electron chi connectivity index (χ4n) is 3.06. The number of esters is 1. The maximum Gasteiger partial charge on any atom is 0.337 e. The van der Waals surface area contributed by atoms with Gasteiger partial charge >= 0.3 is 5.97 Å². The molecule has 6 nitrogen and oxygen atoms in total. The summed E-state index contributed by atoms with van der Waals surface area (Å²) in [5, 5.41) is 3.40. The molecular formula is C23H25N3O3S. The van der Waals surface area contributed by atoms with Crippen molar-refractivity contribution in [2.45, 2.75) is 37.7 Å². The Morgan fingerprint density at radius 2 is 1.90 bits per heavy atom. The number of ether oxygens (including phenoxy) is 1. The summed E-state index contributed by atoms with van der Waals surface area (Å²) in [4.78, 5) is 28.5. The number of carbonyl (C=O) groups excluding carboxylic acids is 2. The zero-order chi connectivity index (χ0) is 21.7. The second kappa shape index (κ2) is 9.63. The van der Waals surface area contributed by atoms with E-state index in [1.54, 1.807) is 30.5 Å². The summed E-state index contributed by atoms with van der Waals surface area (Å²) in [6, 6.07) is 13.2. The third-order valence-corrected chi connectivity index (χ3v) is 5.79. The zero-order valence-electron chi connectivity index (χ0n) is 17.5. The third kappa shape index (κ3) is 5.10. The Kier molecular flexibility index (Phi) is 6.95. The van der Waals surface area contributed by atoms with Crippen molar-refractivity contribution in [2.75, 3.05) is 7.11 Å². The summed E-state index contributed by atoms with van der Waals surface area (Å²) in [6.45, 7) is 6.38. The minimum absolute atomic E-state index is 0.0766. The lowest BCUT2D eigenvalue weighted by Gasteiger charge is -2.15. The average Bonchev–Trinajstić information content (AvgIpc) is 3.19. The van der Waals surface area contributed by atoms with Gasteiger partial charge in [0.2, 0.25) is 5.91 Å². The molecule has 3 aromatic rings. The first-order valence-electron chi connectivity index (χ1n) is 9.61. The molecule has 1 amide bonds. The molecule has 1 N–H and O–H groups in total. The van der Waals surface area contributed by atoms with Gasteiger partial charge in [0, 0.05) is 18.9 Å². The second-order valence-corrected chi connectivity index (χ2v) is 8.34. The van der Waals surface area contributed by atoms with E-state index in [0.717, 1.165) is 22.0 Å². The number of rotatable bonds is 7. The summed E-state index contributed by atoms with van der Waals surface area (Å²) in [5.41, 5.74) is 4.80. The van der Waals surface area contributed by atoms with Gasteiger partial charge in [-0.25, -0.2) is 9.78 Å². The van der Waals surface area contributed by atoms with Gasteiger partial charge in [0.05, 0.1) is 23.6 Å². The SMILES string of the molecule is COC(=O)c1ccc(CNC(=O)C(C)Sc2nccn2-c2ccc(C)cc2C)cc1. The van der Waals surface area contributed by atoms with E-state index in [1.807, 2.05) is 17.7 Å². The lowest BCUT2D eigenvalue weighted by Crippen LogP contribution is -2.30. The summed E-state index contributed by atoms with van der Waals surface area (Å²) < 4.78 is 6.70.